The number of aliphatic hydroxyl groups excluding tert-OH is 1. The highest BCUT2D eigenvalue weighted by Gasteiger charge is 2.41. The Morgan fingerprint density at radius 2 is 1.81 bits per heavy atom. The van der Waals surface area contributed by atoms with E-state index in [2.05, 4.69) is 10.3 Å². The van der Waals surface area contributed by atoms with Crippen LogP contribution in [0.1, 0.15) is 19.4 Å². The fraction of sp³-hybridized carbons (Fsp3) is 0.632. The average molecular weight is 386 g/mol. The van der Waals surface area contributed by atoms with E-state index in [-0.39, 0.29) is 6.54 Å². The summed E-state index contributed by atoms with van der Waals surface area (Å²) in [5.74, 6) is 0.643. The SMILES string of the molecule is CCNC(=NCC(O)Cc1ccccc1)N1CCN(C(C)C(F)(F)F)CC1. The van der Waals surface area contributed by atoms with Crippen LogP contribution in [0.2, 0.25) is 0 Å². The smallest absolute Gasteiger partial charge is 0.391 e. The molecule has 0 spiro atoms. The first-order valence-electron chi connectivity index (χ1n) is 9.37. The molecular weight excluding hydrogens is 357 g/mol. The molecule has 1 saturated heterocycles. The first kappa shape index (κ1) is 21.5. The molecule has 8 heteroatoms. The second-order valence-corrected chi connectivity index (χ2v) is 6.78. The van der Waals surface area contributed by atoms with Crippen LogP contribution in [-0.2, 0) is 6.42 Å². The number of halogens is 3. The number of aliphatic hydroxyl groups is 1. The summed E-state index contributed by atoms with van der Waals surface area (Å²) in [6.07, 6.45) is -4.30. The Bertz CT molecular complexity index is 586. The van der Waals surface area contributed by atoms with Gasteiger partial charge in [-0.15, -0.1) is 0 Å². The molecule has 0 radical (unpaired) electrons. The van der Waals surface area contributed by atoms with Crippen molar-refractivity contribution >= 4 is 5.96 Å². The molecule has 1 aliphatic rings. The Balaban J connectivity index is 1.90. The molecule has 152 valence electrons. The molecule has 0 bridgehead atoms. The zero-order chi connectivity index (χ0) is 19.9. The lowest BCUT2D eigenvalue weighted by molar-refractivity contribution is -0.181. The Morgan fingerprint density at radius 1 is 1.19 bits per heavy atom. The van der Waals surface area contributed by atoms with Gasteiger partial charge in [-0.1, -0.05) is 30.3 Å². The van der Waals surface area contributed by atoms with Gasteiger partial charge in [-0.05, 0) is 19.4 Å². The van der Waals surface area contributed by atoms with Crippen LogP contribution in [0.25, 0.3) is 0 Å². The van der Waals surface area contributed by atoms with Crippen molar-refractivity contribution in [3.8, 4) is 0 Å². The second kappa shape index (κ2) is 9.94. The quantitative estimate of drug-likeness (QED) is 0.581. The monoisotopic (exact) mass is 386 g/mol. The number of guanidine groups is 1. The van der Waals surface area contributed by atoms with Gasteiger partial charge in [0.1, 0.15) is 6.04 Å². The van der Waals surface area contributed by atoms with Gasteiger partial charge in [0.2, 0.25) is 0 Å². The van der Waals surface area contributed by atoms with Gasteiger partial charge in [0, 0.05) is 39.1 Å². The maximum Gasteiger partial charge on any atom is 0.403 e. The minimum absolute atomic E-state index is 0.246. The molecule has 0 amide bonds. The van der Waals surface area contributed by atoms with Crippen molar-refractivity contribution in [2.45, 2.75) is 38.6 Å². The average Bonchev–Trinajstić information content (AvgIpc) is 2.65. The standard InChI is InChI=1S/C19H29F3N4O/c1-3-23-18(24-14-17(27)13-16-7-5-4-6-8-16)26-11-9-25(10-12-26)15(2)19(20,21)22/h4-8,15,17,27H,3,9-14H2,1-2H3,(H,23,24). The molecular formula is C19H29F3N4O. The van der Waals surface area contributed by atoms with Crippen LogP contribution in [-0.4, -0.2) is 78.5 Å². The van der Waals surface area contributed by atoms with Crippen LogP contribution in [0, 0.1) is 0 Å². The van der Waals surface area contributed by atoms with Gasteiger partial charge < -0.3 is 15.3 Å². The third kappa shape index (κ3) is 6.70. The molecule has 2 atom stereocenters. The summed E-state index contributed by atoms with van der Waals surface area (Å²) < 4.78 is 38.6. The van der Waals surface area contributed by atoms with Crippen LogP contribution in [0.3, 0.4) is 0 Å². The predicted molar refractivity (Wildman–Crippen MR) is 101 cm³/mol. The van der Waals surface area contributed by atoms with Gasteiger partial charge in [0.15, 0.2) is 5.96 Å². The van der Waals surface area contributed by atoms with Crippen molar-refractivity contribution in [1.82, 2.24) is 15.1 Å². The number of rotatable bonds is 6. The van der Waals surface area contributed by atoms with Gasteiger partial charge in [-0.2, -0.15) is 13.2 Å². The van der Waals surface area contributed by atoms with Crippen LogP contribution in [0.4, 0.5) is 13.2 Å². The number of hydrogen-bond donors (Lipinski definition) is 2. The van der Waals surface area contributed by atoms with E-state index >= 15 is 0 Å². The van der Waals surface area contributed by atoms with Gasteiger partial charge in [0.25, 0.3) is 0 Å². The molecule has 1 heterocycles. The maximum atomic E-state index is 12.9. The fourth-order valence-electron chi connectivity index (χ4n) is 3.10. The van der Waals surface area contributed by atoms with Crippen molar-refractivity contribution < 1.29 is 18.3 Å². The van der Waals surface area contributed by atoms with E-state index in [0.29, 0.717) is 45.1 Å². The molecule has 27 heavy (non-hydrogen) atoms. The number of piperazine rings is 1. The molecule has 2 rings (SSSR count). The number of aliphatic imine (C=N–C) groups is 1. The van der Waals surface area contributed by atoms with Gasteiger partial charge >= 0.3 is 6.18 Å². The van der Waals surface area contributed by atoms with E-state index in [0.717, 1.165) is 5.56 Å². The van der Waals surface area contributed by atoms with Crippen molar-refractivity contribution in [2.24, 2.45) is 4.99 Å². The molecule has 0 saturated carbocycles. The first-order valence-corrected chi connectivity index (χ1v) is 9.37. The first-order chi connectivity index (χ1) is 12.8. The Labute approximate surface area is 158 Å². The van der Waals surface area contributed by atoms with Crippen LogP contribution in [0.15, 0.2) is 35.3 Å². The summed E-state index contributed by atoms with van der Waals surface area (Å²) in [7, 11) is 0. The van der Waals surface area contributed by atoms with Crippen molar-refractivity contribution in [1.29, 1.82) is 0 Å². The Hall–Kier alpha value is -1.80. The van der Waals surface area contributed by atoms with Crippen LogP contribution in [0.5, 0.6) is 0 Å². The zero-order valence-corrected chi connectivity index (χ0v) is 15.9. The molecule has 1 aromatic rings. The topological polar surface area (TPSA) is 51.1 Å². The van der Waals surface area contributed by atoms with Crippen molar-refractivity contribution in [2.75, 3.05) is 39.3 Å². The summed E-state index contributed by atoms with van der Waals surface area (Å²) in [6.45, 7) is 5.66. The lowest BCUT2D eigenvalue weighted by Gasteiger charge is -2.39. The number of benzene rings is 1. The maximum absolute atomic E-state index is 12.9. The summed E-state index contributed by atoms with van der Waals surface area (Å²) in [5, 5.41) is 13.4. The highest BCUT2D eigenvalue weighted by Crippen LogP contribution is 2.25. The Kier molecular flexibility index (Phi) is 7.91. The van der Waals surface area contributed by atoms with E-state index in [1.807, 2.05) is 42.2 Å². The van der Waals surface area contributed by atoms with Gasteiger partial charge in [-0.3, -0.25) is 9.89 Å². The molecule has 1 aliphatic heterocycles. The van der Waals surface area contributed by atoms with E-state index in [9.17, 15) is 18.3 Å². The Morgan fingerprint density at radius 3 is 2.37 bits per heavy atom. The summed E-state index contributed by atoms with van der Waals surface area (Å²) in [4.78, 5) is 7.90. The largest absolute Gasteiger partial charge is 0.403 e. The molecule has 2 unspecified atom stereocenters. The zero-order valence-electron chi connectivity index (χ0n) is 15.9. The second-order valence-electron chi connectivity index (χ2n) is 6.78. The molecule has 0 aliphatic carbocycles. The minimum atomic E-state index is -4.21. The molecule has 0 aromatic heterocycles. The predicted octanol–water partition coefficient (Wildman–Crippen LogP) is 2.12. The van der Waals surface area contributed by atoms with Crippen molar-refractivity contribution in [3.63, 3.8) is 0 Å². The normalized spacial score (nSPS) is 19.0. The number of hydrogen-bond acceptors (Lipinski definition) is 3. The fourth-order valence-corrected chi connectivity index (χ4v) is 3.10. The highest BCUT2D eigenvalue weighted by atomic mass is 19.4. The molecule has 5 nitrogen and oxygen atoms in total. The van der Waals surface area contributed by atoms with Crippen molar-refractivity contribution in [3.05, 3.63) is 35.9 Å². The summed E-state index contributed by atoms with van der Waals surface area (Å²) >= 11 is 0. The lowest BCUT2D eigenvalue weighted by Crippen LogP contribution is -2.56. The van der Waals surface area contributed by atoms with E-state index in [1.54, 1.807) is 0 Å². The van der Waals surface area contributed by atoms with E-state index in [1.165, 1.54) is 11.8 Å². The third-order valence-electron chi connectivity index (χ3n) is 4.74. The van der Waals surface area contributed by atoms with E-state index in [4.69, 9.17) is 0 Å². The number of alkyl halides is 3. The summed E-state index contributed by atoms with van der Waals surface area (Å²) in [5.41, 5.74) is 1.04. The number of nitrogens with zero attached hydrogens (tertiary/aromatic N) is 3. The van der Waals surface area contributed by atoms with Crippen LogP contribution >= 0.6 is 0 Å². The molecule has 1 fully saturated rings. The lowest BCUT2D eigenvalue weighted by atomic mass is 10.1. The van der Waals surface area contributed by atoms with Gasteiger partial charge in [-0.25, -0.2) is 0 Å². The highest BCUT2D eigenvalue weighted by molar-refractivity contribution is 5.80. The third-order valence-corrected chi connectivity index (χ3v) is 4.74. The van der Waals surface area contributed by atoms with Gasteiger partial charge in [0.05, 0.1) is 12.6 Å². The minimum Gasteiger partial charge on any atom is -0.391 e. The van der Waals surface area contributed by atoms with Crippen LogP contribution < -0.4 is 5.32 Å². The van der Waals surface area contributed by atoms with E-state index < -0.39 is 18.3 Å². The molecule has 1 aromatic carbocycles. The number of nitrogens with one attached hydrogen (secondary N) is 1. The summed E-state index contributed by atoms with van der Waals surface area (Å²) in [6, 6.07) is 8.26. The molecule has 2 N–H and O–H groups in total.